The number of fused-ring (bicyclic) bond motifs is 1. The molecule has 2 aromatic heterocycles. The van der Waals surface area contributed by atoms with Crippen LogP contribution < -0.4 is 0 Å². The van der Waals surface area contributed by atoms with Crippen LogP contribution >= 0.6 is 46.4 Å². The van der Waals surface area contributed by atoms with Gasteiger partial charge in [-0.1, -0.05) is 64.6 Å². The molecular formula is C26H17Cl4N3. The molecule has 0 saturated heterocycles. The molecule has 33 heavy (non-hydrogen) atoms. The van der Waals surface area contributed by atoms with E-state index in [-0.39, 0.29) is 0 Å². The summed E-state index contributed by atoms with van der Waals surface area (Å²) in [5, 5.41) is 8.14. The zero-order valence-electron chi connectivity index (χ0n) is 17.7. The number of hydrogen-bond donors (Lipinski definition) is 0. The molecule has 0 N–H and O–H groups in total. The van der Waals surface area contributed by atoms with E-state index in [0.29, 0.717) is 20.1 Å². The largest absolute Gasteiger partial charge is 0.228 e. The summed E-state index contributed by atoms with van der Waals surface area (Å²) in [6, 6.07) is 20.9. The number of rotatable bonds is 3. The van der Waals surface area contributed by atoms with Gasteiger partial charge in [0.25, 0.3) is 0 Å². The van der Waals surface area contributed by atoms with E-state index in [4.69, 9.17) is 56.5 Å². The minimum absolute atomic E-state index is 0.478. The molecule has 0 amide bonds. The van der Waals surface area contributed by atoms with E-state index in [1.165, 1.54) is 0 Å². The highest BCUT2D eigenvalue weighted by Gasteiger charge is 2.21. The van der Waals surface area contributed by atoms with E-state index < -0.39 is 0 Å². The van der Waals surface area contributed by atoms with Gasteiger partial charge in [0.15, 0.2) is 5.65 Å². The molecule has 164 valence electrons. The summed E-state index contributed by atoms with van der Waals surface area (Å²) in [4.78, 5) is 5.08. The lowest BCUT2D eigenvalue weighted by atomic mass is 9.93. The maximum atomic E-state index is 6.35. The third-order valence-corrected chi connectivity index (χ3v) is 6.87. The first kappa shape index (κ1) is 22.2. The van der Waals surface area contributed by atoms with Crippen molar-refractivity contribution in [3.05, 3.63) is 98.1 Å². The van der Waals surface area contributed by atoms with Crippen molar-refractivity contribution in [2.24, 2.45) is 0 Å². The summed E-state index contributed by atoms with van der Waals surface area (Å²) in [6.07, 6.45) is 0. The highest BCUT2D eigenvalue weighted by molar-refractivity contribution is 6.42. The first-order valence-electron chi connectivity index (χ1n) is 10.2. The predicted molar refractivity (Wildman–Crippen MR) is 139 cm³/mol. The van der Waals surface area contributed by atoms with Gasteiger partial charge in [-0.25, -0.2) is 9.67 Å². The smallest absolute Gasteiger partial charge is 0.164 e. The number of aromatic nitrogens is 3. The molecule has 0 fully saturated rings. The SMILES string of the molecule is Cc1c(-c2ccc(Cl)c(Cl)c2)nc2c(c(C)nn2-c2ccc(Cl)cc2)c1-c1ccc(Cl)cc1. The van der Waals surface area contributed by atoms with Crippen molar-refractivity contribution in [3.63, 3.8) is 0 Å². The van der Waals surface area contributed by atoms with Crippen molar-refractivity contribution in [2.75, 3.05) is 0 Å². The van der Waals surface area contributed by atoms with Gasteiger partial charge in [-0.05, 0) is 79.1 Å². The van der Waals surface area contributed by atoms with Crippen LogP contribution in [0, 0.1) is 13.8 Å². The molecular weight excluding hydrogens is 496 g/mol. The molecule has 2 heterocycles. The Morgan fingerprint density at radius 3 is 1.94 bits per heavy atom. The summed E-state index contributed by atoms with van der Waals surface area (Å²) in [5.41, 5.74) is 7.27. The fraction of sp³-hybridized carbons (Fsp3) is 0.0769. The van der Waals surface area contributed by atoms with E-state index in [0.717, 1.165) is 50.4 Å². The molecule has 5 aromatic rings. The molecule has 0 aliphatic rings. The third-order valence-electron chi connectivity index (χ3n) is 5.63. The maximum Gasteiger partial charge on any atom is 0.164 e. The predicted octanol–water partition coefficient (Wildman–Crippen LogP) is 8.98. The van der Waals surface area contributed by atoms with E-state index in [1.54, 1.807) is 6.07 Å². The third kappa shape index (κ3) is 4.00. The molecule has 7 heteroatoms. The van der Waals surface area contributed by atoms with Gasteiger partial charge in [-0.15, -0.1) is 0 Å². The molecule has 0 aliphatic heterocycles. The maximum absolute atomic E-state index is 6.35. The van der Waals surface area contributed by atoms with Gasteiger partial charge in [0.2, 0.25) is 0 Å². The van der Waals surface area contributed by atoms with Gasteiger partial charge < -0.3 is 0 Å². The highest BCUT2D eigenvalue weighted by Crippen LogP contribution is 2.40. The van der Waals surface area contributed by atoms with E-state index >= 15 is 0 Å². The monoisotopic (exact) mass is 511 g/mol. The summed E-state index contributed by atoms with van der Waals surface area (Å²) in [7, 11) is 0. The van der Waals surface area contributed by atoms with Crippen molar-refractivity contribution < 1.29 is 0 Å². The number of hydrogen-bond acceptors (Lipinski definition) is 2. The van der Waals surface area contributed by atoms with Crippen molar-refractivity contribution in [1.82, 2.24) is 14.8 Å². The average molecular weight is 513 g/mol. The van der Waals surface area contributed by atoms with Crippen LogP contribution in [-0.2, 0) is 0 Å². The standard InChI is InChI=1S/C26H17Cl4N3/c1-14-23(16-3-6-18(27)7-4-16)24-15(2)32-33(20-10-8-19(28)9-11-20)26(24)31-25(14)17-5-12-21(29)22(30)13-17/h3-13H,1-2H3. The summed E-state index contributed by atoms with van der Waals surface area (Å²) < 4.78 is 1.85. The Hall–Kier alpha value is -2.56. The second-order valence-electron chi connectivity index (χ2n) is 7.77. The Labute approximate surface area is 211 Å². The lowest BCUT2D eigenvalue weighted by Gasteiger charge is -2.15. The Morgan fingerprint density at radius 1 is 0.697 bits per heavy atom. The molecule has 0 aliphatic carbocycles. The fourth-order valence-corrected chi connectivity index (χ4v) is 4.62. The second kappa shape index (κ2) is 8.66. The van der Waals surface area contributed by atoms with Gasteiger partial charge >= 0.3 is 0 Å². The fourth-order valence-electron chi connectivity index (χ4n) is 4.07. The summed E-state index contributed by atoms with van der Waals surface area (Å²) in [6.45, 7) is 4.06. The lowest BCUT2D eigenvalue weighted by Crippen LogP contribution is -2.00. The van der Waals surface area contributed by atoms with Crippen LogP contribution in [0.5, 0.6) is 0 Å². The molecule has 0 unspecified atom stereocenters. The Bertz CT molecular complexity index is 1500. The van der Waals surface area contributed by atoms with Gasteiger partial charge in [0.1, 0.15) is 0 Å². The van der Waals surface area contributed by atoms with E-state index in [9.17, 15) is 0 Å². The summed E-state index contributed by atoms with van der Waals surface area (Å²) in [5.74, 6) is 0. The normalized spacial score (nSPS) is 11.3. The van der Waals surface area contributed by atoms with Crippen LogP contribution in [0.25, 0.3) is 39.1 Å². The van der Waals surface area contributed by atoms with Crippen molar-refractivity contribution in [3.8, 4) is 28.1 Å². The van der Waals surface area contributed by atoms with Gasteiger partial charge in [0, 0.05) is 15.6 Å². The zero-order chi connectivity index (χ0) is 23.3. The molecule has 0 spiro atoms. The van der Waals surface area contributed by atoms with Crippen molar-refractivity contribution in [2.45, 2.75) is 13.8 Å². The zero-order valence-corrected chi connectivity index (χ0v) is 20.7. The van der Waals surface area contributed by atoms with Crippen LogP contribution in [0.15, 0.2) is 66.7 Å². The number of nitrogens with zero attached hydrogens (tertiary/aromatic N) is 3. The molecule has 0 atom stereocenters. The molecule has 5 rings (SSSR count). The second-order valence-corrected chi connectivity index (χ2v) is 9.46. The van der Waals surface area contributed by atoms with Gasteiger partial charge in [-0.3, -0.25) is 0 Å². The number of halogens is 4. The topological polar surface area (TPSA) is 30.7 Å². The molecule has 0 saturated carbocycles. The van der Waals surface area contributed by atoms with E-state index in [1.807, 2.05) is 72.3 Å². The lowest BCUT2D eigenvalue weighted by molar-refractivity contribution is 0.878. The molecule has 0 bridgehead atoms. The Balaban J connectivity index is 1.88. The van der Waals surface area contributed by atoms with E-state index in [2.05, 4.69) is 6.92 Å². The quantitative estimate of drug-likeness (QED) is 0.241. The van der Waals surface area contributed by atoms with Crippen molar-refractivity contribution >= 4 is 57.4 Å². The first-order valence-corrected chi connectivity index (χ1v) is 11.7. The van der Waals surface area contributed by atoms with Gasteiger partial charge in [0.05, 0.1) is 32.5 Å². The number of benzene rings is 3. The summed E-state index contributed by atoms with van der Waals surface area (Å²) >= 11 is 24.8. The number of pyridine rings is 1. The Morgan fingerprint density at radius 2 is 1.30 bits per heavy atom. The minimum atomic E-state index is 0.478. The highest BCUT2D eigenvalue weighted by atomic mass is 35.5. The molecule has 0 radical (unpaired) electrons. The van der Waals surface area contributed by atoms with Crippen LogP contribution in [0.4, 0.5) is 0 Å². The average Bonchev–Trinajstić information content (AvgIpc) is 3.13. The van der Waals surface area contributed by atoms with Gasteiger partial charge in [-0.2, -0.15) is 5.10 Å². The van der Waals surface area contributed by atoms with Crippen molar-refractivity contribution in [1.29, 1.82) is 0 Å². The minimum Gasteiger partial charge on any atom is -0.228 e. The molecule has 3 aromatic carbocycles. The first-order chi connectivity index (χ1) is 15.8. The molecule has 3 nitrogen and oxygen atoms in total. The number of aryl methyl sites for hydroxylation is 1. The Kier molecular flexibility index (Phi) is 5.84. The van der Waals surface area contributed by atoms with Crippen LogP contribution in [0.1, 0.15) is 11.3 Å². The van der Waals surface area contributed by atoms with Crippen LogP contribution in [0.3, 0.4) is 0 Å². The van der Waals surface area contributed by atoms with Crippen LogP contribution in [0.2, 0.25) is 20.1 Å². The van der Waals surface area contributed by atoms with Crippen LogP contribution in [-0.4, -0.2) is 14.8 Å².